The number of hydrogen-bond acceptors (Lipinski definition) is 6. The summed E-state index contributed by atoms with van der Waals surface area (Å²) in [5.41, 5.74) is 7.23. The van der Waals surface area contributed by atoms with Crippen LogP contribution in [0.3, 0.4) is 0 Å². The average molecular weight is 628 g/mol. The lowest BCUT2D eigenvalue weighted by molar-refractivity contribution is -0.136. The Labute approximate surface area is 235 Å². The minimum absolute atomic E-state index is 0.209. The van der Waals surface area contributed by atoms with Crippen LogP contribution in [-0.2, 0) is 20.8 Å². The maximum atomic E-state index is 12.4. The zero-order valence-electron chi connectivity index (χ0n) is 21.6. The van der Waals surface area contributed by atoms with Gasteiger partial charge in [0.15, 0.2) is 18.1 Å². The first-order valence-electron chi connectivity index (χ1n) is 11.8. The van der Waals surface area contributed by atoms with Crippen molar-refractivity contribution in [3.63, 3.8) is 0 Å². The molecular weight excluding hydrogens is 599 g/mol. The average Bonchev–Trinajstić information content (AvgIpc) is 2.90. The molecule has 0 fully saturated rings. The van der Waals surface area contributed by atoms with E-state index in [9.17, 15) is 14.4 Å². The van der Waals surface area contributed by atoms with Gasteiger partial charge < -0.3 is 20.1 Å². The van der Waals surface area contributed by atoms with Crippen LogP contribution in [0, 0.1) is 17.4 Å². The van der Waals surface area contributed by atoms with Gasteiger partial charge in [0.05, 0.1) is 16.9 Å². The third-order valence-electron chi connectivity index (χ3n) is 5.62. The number of amides is 3. The Morgan fingerprint density at radius 1 is 0.974 bits per heavy atom. The van der Waals surface area contributed by atoms with E-state index in [-0.39, 0.29) is 12.5 Å². The van der Waals surface area contributed by atoms with Gasteiger partial charge >= 0.3 is 11.8 Å². The van der Waals surface area contributed by atoms with Gasteiger partial charge in [-0.15, -0.1) is 0 Å². The largest absolute Gasteiger partial charge is 0.493 e. The predicted octanol–water partition coefficient (Wildman–Crippen LogP) is 4.59. The molecule has 3 amide bonds. The van der Waals surface area contributed by atoms with E-state index in [2.05, 4.69) is 43.8 Å². The maximum absolute atomic E-state index is 12.4. The number of aryl methyl sites for hydroxylation is 3. The number of ether oxygens (including phenoxy) is 2. The number of rotatable bonds is 9. The summed E-state index contributed by atoms with van der Waals surface area (Å²) in [6.45, 7) is 5.74. The summed E-state index contributed by atoms with van der Waals surface area (Å²) < 4.78 is 11.8. The quantitative estimate of drug-likeness (QED) is 0.139. The second-order valence-corrected chi connectivity index (χ2v) is 9.50. The molecule has 0 radical (unpaired) electrons. The zero-order chi connectivity index (χ0) is 27.7. The summed E-state index contributed by atoms with van der Waals surface area (Å²) in [7, 11) is 1.48. The second kappa shape index (κ2) is 13.6. The molecule has 3 aromatic carbocycles. The minimum Gasteiger partial charge on any atom is -0.493 e. The number of hydrazone groups is 1. The van der Waals surface area contributed by atoms with E-state index < -0.39 is 11.8 Å². The van der Waals surface area contributed by atoms with E-state index in [4.69, 9.17) is 9.47 Å². The molecule has 0 spiro atoms. The Bertz CT molecular complexity index is 1370. The minimum atomic E-state index is -0.899. The second-order valence-electron chi connectivity index (χ2n) is 8.33. The molecule has 0 aliphatic heterocycles. The van der Waals surface area contributed by atoms with Gasteiger partial charge in [-0.25, -0.2) is 5.43 Å². The molecule has 3 N–H and O–H groups in total. The highest BCUT2D eigenvalue weighted by Crippen LogP contribution is 2.33. The van der Waals surface area contributed by atoms with E-state index in [0.717, 1.165) is 16.7 Å². The van der Waals surface area contributed by atoms with Gasteiger partial charge in [0.2, 0.25) is 0 Å². The fourth-order valence-electron chi connectivity index (χ4n) is 3.45. The van der Waals surface area contributed by atoms with E-state index in [1.54, 1.807) is 24.3 Å². The van der Waals surface area contributed by atoms with Crippen molar-refractivity contribution in [1.82, 2.24) is 5.43 Å². The number of carbonyl (C=O) groups excluding carboxylic acids is 3. The van der Waals surface area contributed by atoms with Gasteiger partial charge in [0.25, 0.3) is 5.91 Å². The third kappa shape index (κ3) is 7.78. The molecule has 0 unspecified atom stereocenters. The smallest absolute Gasteiger partial charge is 0.329 e. The Balaban J connectivity index is 1.59. The van der Waals surface area contributed by atoms with Crippen LogP contribution in [-0.4, -0.2) is 37.7 Å². The number of para-hydroxylation sites is 1. The zero-order valence-corrected chi connectivity index (χ0v) is 23.7. The molecule has 198 valence electrons. The molecule has 0 saturated heterocycles. The van der Waals surface area contributed by atoms with Crippen LogP contribution in [0.1, 0.15) is 29.2 Å². The van der Waals surface area contributed by atoms with Crippen LogP contribution >= 0.6 is 22.6 Å². The van der Waals surface area contributed by atoms with Gasteiger partial charge in [0.1, 0.15) is 0 Å². The summed E-state index contributed by atoms with van der Waals surface area (Å²) in [5.74, 6) is -1.24. The molecule has 3 aromatic rings. The normalized spacial score (nSPS) is 10.7. The first-order valence-corrected chi connectivity index (χ1v) is 12.9. The lowest BCUT2D eigenvalue weighted by Gasteiger charge is -2.14. The van der Waals surface area contributed by atoms with Crippen molar-refractivity contribution in [3.8, 4) is 11.5 Å². The molecule has 0 aliphatic carbocycles. The van der Waals surface area contributed by atoms with Gasteiger partial charge in [-0.05, 0) is 95.4 Å². The number of hydrogen-bond donors (Lipinski definition) is 3. The first kappa shape index (κ1) is 28.6. The van der Waals surface area contributed by atoms with Gasteiger partial charge in [0, 0.05) is 11.4 Å². The molecule has 38 heavy (non-hydrogen) atoms. The van der Waals surface area contributed by atoms with E-state index in [1.807, 2.05) is 51.1 Å². The molecular formula is C28H29IN4O5. The Kier molecular flexibility index (Phi) is 10.2. The van der Waals surface area contributed by atoms with Crippen LogP contribution in [0.15, 0.2) is 59.7 Å². The molecule has 9 nitrogen and oxygen atoms in total. The summed E-state index contributed by atoms with van der Waals surface area (Å²) in [6, 6.07) is 16.3. The SMILES string of the molecule is CCc1ccccc1NC(=O)C(=O)N/N=C\c1cc(I)c(OCC(=O)Nc2ccc(C)c(C)c2)c(OC)c1. The Morgan fingerprint density at radius 2 is 1.74 bits per heavy atom. The number of benzene rings is 3. The fraction of sp³-hybridized carbons (Fsp3) is 0.214. The number of anilines is 2. The van der Waals surface area contributed by atoms with E-state index in [0.29, 0.717) is 38.4 Å². The highest BCUT2D eigenvalue weighted by molar-refractivity contribution is 14.1. The standard InChI is InChI=1S/C28H29IN4O5/c1-5-20-8-6-7-9-23(20)32-27(35)28(36)33-30-15-19-13-22(29)26(24(14-19)37-4)38-16-25(34)31-21-11-10-17(2)18(3)12-21/h6-15H,5,16H2,1-4H3,(H,31,34)(H,32,35)(H,33,36)/b30-15-. The molecule has 0 heterocycles. The van der Waals surface area contributed by atoms with Gasteiger partial charge in [-0.3, -0.25) is 14.4 Å². The van der Waals surface area contributed by atoms with Crippen LogP contribution in [0.4, 0.5) is 11.4 Å². The number of methoxy groups -OCH3 is 1. The van der Waals surface area contributed by atoms with E-state index in [1.165, 1.54) is 13.3 Å². The first-order chi connectivity index (χ1) is 18.2. The van der Waals surface area contributed by atoms with Crippen molar-refractivity contribution >= 4 is 57.9 Å². The fourth-order valence-corrected chi connectivity index (χ4v) is 4.24. The van der Waals surface area contributed by atoms with Crippen molar-refractivity contribution in [1.29, 1.82) is 0 Å². The number of halogens is 1. The third-order valence-corrected chi connectivity index (χ3v) is 6.42. The van der Waals surface area contributed by atoms with Crippen molar-refractivity contribution in [3.05, 3.63) is 80.4 Å². The molecule has 0 atom stereocenters. The van der Waals surface area contributed by atoms with E-state index >= 15 is 0 Å². The summed E-state index contributed by atoms with van der Waals surface area (Å²) in [5, 5.41) is 9.29. The lowest BCUT2D eigenvalue weighted by Crippen LogP contribution is -2.32. The van der Waals surface area contributed by atoms with Crippen LogP contribution in [0.25, 0.3) is 0 Å². The monoisotopic (exact) mass is 628 g/mol. The summed E-state index contributed by atoms with van der Waals surface area (Å²) >= 11 is 2.06. The van der Waals surface area contributed by atoms with Gasteiger partial charge in [-0.2, -0.15) is 5.10 Å². The predicted molar refractivity (Wildman–Crippen MR) is 156 cm³/mol. The van der Waals surface area contributed by atoms with Gasteiger partial charge in [-0.1, -0.05) is 31.2 Å². The molecule has 10 heteroatoms. The molecule has 3 rings (SSSR count). The maximum Gasteiger partial charge on any atom is 0.329 e. The number of nitrogens with one attached hydrogen (secondary N) is 3. The molecule has 0 saturated carbocycles. The van der Waals surface area contributed by atoms with Crippen molar-refractivity contribution in [2.24, 2.45) is 5.10 Å². The number of nitrogens with zero attached hydrogens (tertiary/aromatic N) is 1. The Hall–Kier alpha value is -3.93. The Morgan fingerprint density at radius 3 is 2.45 bits per heavy atom. The highest BCUT2D eigenvalue weighted by Gasteiger charge is 2.16. The topological polar surface area (TPSA) is 118 Å². The van der Waals surface area contributed by atoms with Crippen LogP contribution in [0.5, 0.6) is 11.5 Å². The highest BCUT2D eigenvalue weighted by atomic mass is 127. The summed E-state index contributed by atoms with van der Waals surface area (Å²) in [6.07, 6.45) is 2.10. The lowest BCUT2D eigenvalue weighted by atomic mass is 10.1. The molecule has 0 bridgehead atoms. The molecule has 0 aliphatic rings. The number of carbonyl (C=O) groups is 3. The van der Waals surface area contributed by atoms with Crippen molar-refractivity contribution in [2.45, 2.75) is 27.2 Å². The van der Waals surface area contributed by atoms with Crippen molar-refractivity contribution in [2.75, 3.05) is 24.4 Å². The summed E-state index contributed by atoms with van der Waals surface area (Å²) in [4.78, 5) is 36.8. The van der Waals surface area contributed by atoms with Crippen LogP contribution in [0.2, 0.25) is 0 Å². The van der Waals surface area contributed by atoms with Crippen LogP contribution < -0.4 is 25.5 Å². The molecule has 0 aromatic heterocycles. The van der Waals surface area contributed by atoms with Crippen molar-refractivity contribution < 1.29 is 23.9 Å².